The van der Waals surface area contributed by atoms with Gasteiger partial charge in [-0.1, -0.05) is 97.0 Å². The minimum absolute atomic E-state index is 0.00236. The molecule has 4 aromatic rings. The van der Waals surface area contributed by atoms with Gasteiger partial charge in [0.15, 0.2) is 0 Å². The lowest BCUT2D eigenvalue weighted by Gasteiger charge is -2.25. The zero-order chi connectivity index (χ0) is 33.1. The van der Waals surface area contributed by atoms with Crippen LogP contribution in [0.1, 0.15) is 93.0 Å². The van der Waals surface area contributed by atoms with E-state index in [1.165, 1.54) is 0 Å². The molecule has 0 radical (unpaired) electrons. The van der Waals surface area contributed by atoms with Crippen molar-refractivity contribution in [2.75, 3.05) is 0 Å². The number of rotatable bonds is 9. The molecule has 0 aliphatic rings. The maximum Gasteiger partial charge on any atom is 0.408 e. The Kier molecular flexibility index (Phi) is 9.90. The molecule has 2 atom stereocenters. The van der Waals surface area contributed by atoms with Crippen molar-refractivity contribution < 1.29 is 14.3 Å². The van der Waals surface area contributed by atoms with Gasteiger partial charge in [-0.15, -0.1) is 0 Å². The van der Waals surface area contributed by atoms with Crippen LogP contribution in [0.3, 0.4) is 0 Å². The summed E-state index contributed by atoms with van der Waals surface area (Å²) in [6.45, 7) is 19.5. The van der Waals surface area contributed by atoms with Crippen molar-refractivity contribution in [3.63, 3.8) is 0 Å². The number of H-pyrrole nitrogens is 2. The second-order valence-electron chi connectivity index (χ2n) is 14.3. The normalized spacial score (nSPS) is 13.5. The number of hydrogen-bond donors (Lipinski definition) is 4. The van der Waals surface area contributed by atoms with E-state index in [-0.39, 0.29) is 29.8 Å². The molecule has 0 saturated carbocycles. The number of ether oxygens (including phenoxy) is 1. The molecular formula is C36H48N6O3. The zero-order valence-corrected chi connectivity index (χ0v) is 28.2. The molecule has 0 fully saturated rings. The number of nitrogens with one attached hydrogen (secondary N) is 4. The summed E-state index contributed by atoms with van der Waals surface area (Å²) in [5.41, 5.74) is 4.92. The van der Waals surface area contributed by atoms with Crippen LogP contribution >= 0.6 is 0 Å². The SMILES string of the molecule is CC(C)[C@H](NC(=O)OC(C)(C)C)c1ncc(-c2ccc(-c3ccc(-c4cnc([C@@H](NC(=O)C(C)(C)C)C(C)C)[nH]4)cc3)cc2)[nH]1. The Morgan fingerprint density at radius 1 is 0.644 bits per heavy atom. The molecule has 45 heavy (non-hydrogen) atoms. The average Bonchev–Trinajstić information content (AvgIpc) is 3.64. The number of carbonyl (C=O) groups excluding carboxylic acids is 2. The monoisotopic (exact) mass is 612 g/mol. The number of hydrogen-bond acceptors (Lipinski definition) is 5. The van der Waals surface area contributed by atoms with Gasteiger partial charge >= 0.3 is 6.09 Å². The van der Waals surface area contributed by atoms with Crippen LogP contribution in [0.4, 0.5) is 4.79 Å². The lowest BCUT2D eigenvalue weighted by Crippen LogP contribution is -2.39. The number of aromatic nitrogens is 4. The molecule has 0 spiro atoms. The fraction of sp³-hybridized carbons (Fsp3) is 0.444. The summed E-state index contributed by atoms with van der Waals surface area (Å²) in [6, 6.07) is 16.1. The van der Waals surface area contributed by atoms with Crippen molar-refractivity contribution in [1.82, 2.24) is 30.6 Å². The Morgan fingerprint density at radius 3 is 1.38 bits per heavy atom. The van der Waals surface area contributed by atoms with Gasteiger partial charge in [0, 0.05) is 5.41 Å². The standard InChI is InChI=1S/C36H48N6O3/c1-21(2)29(41-33(43)35(5,6)7)31-37-19-27(39-31)25-15-11-23(12-16-25)24-13-17-26(18-14-24)28-20-38-32(40-28)30(22(3)4)42-34(44)45-36(8,9)10/h11-22,29-30H,1-10H3,(H,37,39)(H,38,40)(H,41,43)(H,42,44)/t29-,30-/m0/s1. The maximum atomic E-state index is 12.7. The largest absolute Gasteiger partial charge is 0.444 e. The van der Waals surface area contributed by atoms with Crippen molar-refractivity contribution in [2.24, 2.45) is 17.3 Å². The van der Waals surface area contributed by atoms with E-state index < -0.39 is 17.1 Å². The van der Waals surface area contributed by atoms with Gasteiger partial charge in [0.25, 0.3) is 0 Å². The summed E-state index contributed by atoms with van der Waals surface area (Å²) in [4.78, 5) is 41.1. The van der Waals surface area contributed by atoms with Crippen LogP contribution in [0.15, 0.2) is 60.9 Å². The number of imidazole rings is 2. The molecule has 0 aliphatic carbocycles. The van der Waals surface area contributed by atoms with Gasteiger partial charge in [-0.2, -0.15) is 0 Å². The number of alkyl carbamates (subject to hydrolysis) is 1. The third-order valence-electron chi connectivity index (χ3n) is 7.48. The molecule has 0 aliphatic heterocycles. The highest BCUT2D eigenvalue weighted by molar-refractivity contribution is 5.81. The van der Waals surface area contributed by atoms with Crippen LogP contribution in [-0.2, 0) is 9.53 Å². The van der Waals surface area contributed by atoms with E-state index in [1.807, 2.05) is 61.6 Å². The highest BCUT2D eigenvalue weighted by Crippen LogP contribution is 2.29. The first-order valence-electron chi connectivity index (χ1n) is 15.6. The molecule has 2 aromatic heterocycles. The molecule has 9 heteroatoms. The van der Waals surface area contributed by atoms with Crippen LogP contribution in [0.25, 0.3) is 33.6 Å². The second-order valence-corrected chi connectivity index (χ2v) is 14.3. The lowest BCUT2D eigenvalue weighted by molar-refractivity contribution is -0.129. The Morgan fingerprint density at radius 2 is 1.02 bits per heavy atom. The summed E-state index contributed by atoms with van der Waals surface area (Å²) in [7, 11) is 0. The average molecular weight is 613 g/mol. The van der Waals surface area contributed by atoms with Gasteiger partial charge in [-0.05, 0) is 54.9 Å². The van der Waals surface area contributed by atoms with Crippen molar-refractivity contribution >= 4 is 12.0 Å². The smallest absolute Gasteiger partial charge is 0.408 e. The molecule has 0 unspecified atom stereocenters. The predicted octanol–water partition coefficient (Wildman–Crippen LogP) is 8.22. The molecular weight excluding hydrogens is 564 g/mol. The molecule has 240 valence electrons. The molecule has 4 rings (SSSR count). The Bertz CT molecular complexity index is 1590. The van der Waals surface area contributed by atoms with Crippen molar-refractivity contribution in [3.8, 4) is 33.6 Å². The number of amides is 2. The fourth-order valence-electron chi connectivity index (χ4n) is 4.86. The highest BCUT2D eigenvalue weighted by atomic mass is 16.6. The number of benzene rings is 2. The summed E-state index contributed by atoms with van der Waals surface area (Å²) in [6.07, 6.45) is 3.15. The van der Waals surface area contributed by atoms with Crippen molar-refractivity contribution in [2.45, 2.75) is 86.9 Å². The second kappa shape index (κ2) is 13.3. The van der Waals surface area contributed by atoms with Crippen LogP contribution in [0.5, 0.6) is 0 Å². The van der Waals surface area contributed by atoms with E-state index in [9.17, 15) is 9.59 Å². The Labute approximate surface area is 267 Å². The third-order valence-corrected chi connectivity index (χ3v) is 7.48. The summed E-state index contributed by atoms with van der Waals surface area (Å²) in [5, 5.41) is 6.10. The molecule has 2 aromatic carbocycles. The van der Waals surface area contributed by atoms with Gasteiger partial charge in [-0.25, -0.2) is 14.8 Å². The summed E-state index contributed by atoms with van der Waals surface area (Å²) in [5.74, 6) is 1.72. The van der Waals surface area contributed by atoms with Gasteiger partial charge in [0.05, 0.1) is 35.9 Å². The Balaban J connectivity index is 1.45. The van der Waals surface area contributed by atoms with E-state index >= 15 is 0 Å². The van der Waals surface area contributed by atoms with Crippen LogP contribution in [-0.4, -0.2) is 37.5 Å². The van der Waals surface area contributed by atoms with Gasteiger partial charge in [0.2, 0.25) is 5.91 Å². The molecule has 2 amide bonds. The van der Waals surface area contributed by atoms with Gasteiger partial charge < -0.3 is 25.3 Å². The first kappa shape index (κ1) is 33.5. The molecule has 9 nitrogen and oxygen atoms in total. The minimum Gasteiger partial charge on any atom is -0.444 e. The van der Waals surface area contributed by atoms with E-state index in [0.29, 0.717) is 5.82 Å². The Hall–Kier alpha value is -4.40. The topological polar surface area (TPSA) is 125 Å². The third kappa shape index (κ3) is 8.62. The number of aromatic amines is 2. The highest BCUT2D eigenvalue weighted by Gasteiger charge is 2.28. The predicted molar refractivity (Wildman–Crippen MR) is 179 cm³/mol. The molecule has 0 bridgehead atoms. The van der Waals surface area contributed by atoms with Gasteiger partial charge in [0.1, 0.15) is 17.2 Å². The number of carbonyl (C=O) groups is 2. The van der Waals surface area contributed by atoms with Crippen molar-refractivity contribution in [1.29, 1.82) is 0 Å². The van der Waals surface area contributed by atoms with Crippen LogP contribution in [0.2, 0.25) is 0 Å². The van der Waals surface area contributed by atoms with Gasteiger partial charge in [-0.3, -0.25) is 4.79 Å². The van der Waals surface area contributed by atoms with E-state index in [2.05, 4.69) is 92.9 Å². The number of nitrogens with zero attached hydrogens (tertiary/aromatic N) is 2. The first-order chi connectivity index (χ1) is 21.0. The lowest BCUT2D eigenvalue weighted by atomic mass is 9.94. The minimum atomic E-state index is -0.576. The maximum absolute atomic E-state index is 12.7. The van der Waals surface area contributed by atoms with Crippen LogP contribution in [0, 0.1) is 17.3 Å². The van der Waals surface area contributed by atoms with Crippen LogP contribution < -0.4 is 10.6 Å². The zero-order valence-electron chi connectivity index (χ0n) is 28.2. The first-order valence-corrected chi connectivity index (χ1v) is 15.6. The van der Waals surface area contributed by atoms with E-state index in [4.69, 9.17) is 4.74 Å². The molecule has 4 N–H and O–H groups in total. The molecule has 2 heterocycles. The quantitative estimate of drug-likeness (QED) is 0.152. The summed E-state index contributed by atoms with van der Waals surface area (Å²) >= 11 is 0. The van der Waals surface area contributed by atoms with E-state index in [0.717, 1.165) is 39.5 Å². The van der Waals surface area contributed by atoms with Crippen molar-refractivity contribution in [3.05, 3.63) is 72.6 Å². The summed E-state index contributed by atoms with van der Waals surface area (Å²) < 4.78 is 5.45. The fourth-order valence-corrected chi connectivity index (χ4v) is 4.86. The molecule has 0 saturated heterocycles. The van der Waals surface area contributed by atoms with E-state index in [1.54, 1.807) is 6.20 Å².